The molecule has 0 radical (unpaired) electrons. The van der Waals surface area contributed by atoms with Gasteiger partial charge in [-0.05, 0) is 104 Å². The number of ether oxygens (including phenoxy) is 2. The van der Waals surface area contributed by atoms with Gasteiger partial charge in [-0.25, -0.2) is 4.79 Å². The van der Waals surface area contributed by atoms with Crippen molar-refractivity contribution in [2.75, 3.05) is 13.7 Å². The second kappa shape index (κ2) is 11.7. The number of H-pyrrole nitrogens is 1. The Morgan fingerprint density at radius 1 is 1.05 bits per heavy atom. The number of hydrogen-bond donors (Lipinski definition) is 3. The fourth-order valence-corrected chi connectivity index (χ4v) is 9.35. The predicted molar refractivity (Wildman–Crippen MR) is 164 cm³/mol. The summed E-state index contributed by atoms with van der Waals surface area (Å²) >= 11 is 0. The summed E-state index contributed by atoms with van der Waals surface area (Å²) in [6.07, 6.45) is 9.94. The maximum Gasteiger partial charge on any atom is 0.352 e. The highest BCUT2D eigenvalue weighted by atomic mass is 16.5. The van der Waals surface area contributed by atoms with Gasteiger partial charge in [0.05, 0.1) is 13.5 Å². The van der Waals surface area contributed by atoms with Crippen LogP contribution >= 0.6 is 0 Å². The summed E-state index contributed by atoms with van der Waals surface area (Å²) in [4.78, 5) is 52.4. The Morgan fingerprint density at radius 3 is 2.64 bits per heavy atom. The molecule has 9 heteroatoms. The standard InChI is InChI=1S/C35H44N2O7/c1-34-15-12-21(38)18-20(34)4-6-24-26-7-9-29(35(26,2)16-13-27(24)34)44-31(40)11-10-30(39)36-17-14-23-25-19-22(43-3)5-8-28(25)37-32(23)33(41)42/h5,8,18-19,24,26-27,29,37H,4,6-7,9-17H2,1-3H3,(H,36,39)(H,41,42)/t24-,26-,27-,29-,34-,35-/m0/s1. The molecule has 6 rings (SSSR count). The summed E-state index contributed by atoms with van der Waals surface area (Å²) in [7, 11) is 1.55. The number of aromatic carboxylic acids is 1. The number of carbonyl (C=O) groups is 4. The van der Waals surface area contributed by atoms with Gasteiger partial charge in [0.25, 0.3) is 0 Å². The topological polar surface area (TPSA) is 135 Å². The number of esters is 1. The monoisotopic (exact) mass is 604 g/mol. The number of benzene rings is 1. The lowest BCUT2D eigenvalue weighted by molar-refractivity contribution is -0.160. The summed E-state index contributed by atoms with van der Waals surface area (Å²) < 4.78 is 11.4. The van der Waals surface area contributed by atoms with Crippen LogP contribution in [0.4, 0.5) is 0 Å². The number of nitrogens with one attached hydrogen (secondary N) is 2. The van der Waals surface area contributed by atoms with Gasteiger partial charge in [-0.15, -0.1) is 0 Å². The number of allylic oxidation sites excluding steroid dienone is 1. The van der Waals surface area contributed by atoms with Gasteiger partial charge in [0.2, 0.25) is 5.91 Å². The number of carboxylic acids is 1. The zero-order valence-corrected chi connectivity index (χ0v) is 26.0. The molecule has 1 amide bonds. The minimum Gasteiger partial charge on any atom is -0.497 e. The molecular formula is C35H44N2O7. The molecule has 4 aliphatic carbocycles. The Kier molecular flexibility index (Phi) is 8.09. The van der Waals surface area contributed by atoms with E-state index in [1.54, 1.807) is 25.3 Å². The number of amides is 1. The zero-order chi connectivity index (χ0) is 31.2. The number of carboxylic acid groups (broad SMARTS) is 1. The van der Waals surface area contributed by atoms with Crippen molar-refractivity contribution in [2.24, 2.45) is 28.6 Å². The largest absolute Gasteiger partial charge is 0.497 e. The van der Waals surface area contributed by atoms with Gasteiger partial charge in [-0.3, -0.25) is 14.4 Å². The molecule has 0 spiro atoms. The first kappa shape index (κ1) is 30.4. The summed E-state index contributed by atoms with van der Waals surface area (Å²) in [5.74, 6) is 0.928. The summed E-state index contributed by atoms with van der Waals surface area (Å²) in [5.41, 5.74) is 2.81. The molecule has 0 aliphatic heterocycles. The minimum atomic E-state index is -1.06. The second-order valence-electron chi connectivity index (χ2n) is 13.9. The van der Waals surface area contributed by atoms with Crippen molar-refractivity contribution in [3.8, 4) is 5.75 Å². The average Bonchev–Trinajstić information content (AvgIpc) is 3.53. The van der Waals surface area contributed by atoms with Crippen LogP contribution in [0.2, 0.25) is 0 Å². The molecule has 1 aromatic carbocycles. The third-order valence-electron chi connectivity index (χ3n) is 11.7. The van der Waals surface area contributed by atoms with Gasteiger partial charge in [-0.1, -0.05) is 19.4 Å². The fourth-order valence-electron chi connectivity index (χ4n) is 9.35. The lowest BCUT2D eigenvalue weighted by atomic mass is 9.47. The molecule has 1 heterocycles. The Labute approximate surface area is 258 Å². The second-order valence-corrected chi connectivity index (χ2v) is 13.9. The van der Waals surface area contributed by atoms with Crippen molar-refractivity contribution >= 4 is 34.5 Å². The molecule has 0 bridgehead atoms. The van der Waals surface area contributed by atoms with Crippen molar-refractivity contribution < 1.29 is 33.8 Å². The molecule has 44 heavy (non-hydrogen) atoms. The SMILES string of the molecule is COc1ccc2[nH]c(C(=O)O)c(CCNC(=O)CCC(=O)O[C@H]3CC[C@H]4[C@@H]5CCC6=CC(=O)CC[C@]6(C)[C@H]5CC[C@]34C)c2c1. The van der Waals surface area contributed by atoms with Gasteiger partial charge in [0.1, 0.15) is 17.5 Å². The van der Waals surface area contributed by atoms with Gasteiger partial charge < -0.3 is 24.9 Å². The van der Waals surface area contributed by atoms with Crippen LogP contribution in [0.15, 0.2) is 29.8 Å². The molecule has 0 unspecified atom stereocenters. The first-order valence-electron chi connectivity index (χ1n) is 16.2. The number of ketones is 1. The van der Waals surface area contributed by atoms with Gasteiger partial charge in [0, 0.05) is 35.7 Å². The average molecular weight is 605 g/mol. The number of fused-ring (bicyclic) bond motifs is 6. The van der Waals surface area contributed by atoms with E-state index >= 15 is 0 Å². The molecule has 6 atom stereocenters. The molecular weight excluding hydrogens is 560 g/mol. The molecule has 1 aromatic heterocycles. The maximum atomic E-state index is 12.9. The Hall–Kier alpha value is -3.62. The van der Waals surface area contributed by atoms with E-state index in [9.17, 15) is 24.3 Å². The highest BCUT2D eigenvalue weighted by Crippen LogP contribution is 2.65. The first-order valence-corrected chi connectivity index (χ1v) is 16.2. The van der Waals surface area contributed by atoms with Gasteiger partial charge in [-0.2, -0.15) is 0 Å². The third-order valence-corrected chi connectivity index (χ3v) is 11.7. The van der Waals surface area contributed by atoms with E-state index in [0.717, 1.165) is 50.3 Å². The van der Waals surface area contributed by atoms with Crippen LogP contribution in [0, 0.1) is 28.6 Å². The molecule has 3 fully saturated rings. The molecule has 2 aromatic rings. The first-order chi connectivity index (χ1) is 21.0. The van der Waals surface area contributed by atoms with E-state index in [2.05, 4.69) is 24.1 Å². The molecule has 0 saturated heterocycles. The molecule has 3 saturated carbocycles. The lowest BCUT2D eigenvalue weighted by Gasteiger charge is -2.57. The van der Waals surface area contributed by atoms with Crippen molar-refractivity contribution in [3.05, 3.63) is 41.1 Å². The van der Waals surface area contributed by atoms with Crippen LogP contribution in [0.25, 0.3) is 10.9 Å². The lowest BCUT2D eigenvalue weighted by Crippen LogP contribution is -2.51. The van der Waals surface area contributed by atoms with Crippen molar-refractivity contribution in [1.82, 2.24) is 10.3 Å². The maximum absolute atomic E-state index is 12.9. The van der Waals surface area contributed by atoms with Crippen LogP contribution in [-0.2, 0) is 25.5 Å². The summed E-state index contributed by atoms with van der Waals surface area (Å²) in [6, 6.07) is 5.32. The summed E-state index contributed by atoms with van der Waals surface area (Å²) in [6.45, 7) is 4.92. The Bertz CT molecular complexity index is 1520. The Balaban J connectivity index is 1.01. The van der Waals surface area contributed by atoms with Crippen molar-refractivity contribution in [1.29, 1.82) is 0 Å². The minimum absolute atomic E-state index is 0.0139. The Morgan fingerprint density at radius 2 is 1.86 bits per heavy atom. The number of hydrogen-bond acceptors (Lipinski definition) is 6. The molecule has 236 valence electrons. The van der Waals surface area contributed by atoms with Crippen LogP contribution in [0.5, 0.6) is 5.75 Å². The van der Waals surface area contributed by atoms with Crippen LogP contribution in [0.3, 0.4) is 0 Å². The zero-order valence-electron chi connectivity index (χ0n) is 26.0. The van der Waals surface area contributed by atoms with Crippen molar-refractivity contribution in [3.63, 3.8) is 0 Å². The fraction of sp³-hybridized carbons (Fsp3) is 0.600. The van der Waals surface area contributed by atoms with E-state index in [0.29, 0.717) is 47.4 Å². The molecule has 3 N–H and O–H groups in total. The van der Waals surface area contributed by atoms with E-state index in [1.165, 1.54) is 5.57 Å². The number of methoxy groups -OCH3 is 1. The quantitative estimate of drug-likeness (QED) is 0.310. The van der Waals surface area contributed by atoms with Gasteiger partial charge in [0.15, 0.2) is 5.78 Å². The van der Waals surface area contributed by atoms with Crippen molar-refractivity contribution in [2.45, 2.75) is 90.6 Å². The molecule has 4 aliphatic rings. The van der Waals surface area contributed by atoms with E-state index in [1.807, 2.05) is 6.08 Å². The van der Waals surface area contributed by atoms with E-state index < -0.39 is 5.97 Å². The highest BCUT2D eigenvalue weighted by molar-refractivity contribution is 5.98. The smallest absolute Gasteiger partial charge is 0.352 e. The number of aromatic nitrogens is 1. The number of carbonyl (C=O) groups excluding carboxylic acids is 3. The van der Waals surface area contributed by atoms with E-state index in [-0.39, 0.29) is 59.7 Å². The van der Waals surface area contributed by atoms with Crippen LogP contribution < -0.4 is 10.1 Å². The van der Waals surface area contributed by atoms with Gasteiger partial charge >= 0.3 is 11.9 Å². The predicted octanol–water partition coefficient (Wildman–Crippen LogP) is 5.76. The van der Waals surface area contributed by atoms with Crippen LogP contribution in [0.1, 0.15) is 94.1 Å². The van der Waals surface area contributed by atoms with E-state index in [4.69, 9.17) is 9.47 Å². The van der Waals surface area contributed by atoms with Crippen LogP contribution in [-0.4, -0.2) is 53.5 Å². The third kappa shape index (κ3) is 5.32. The highest BCUT2D eigenvalue weighted by Gasteiger charge is 2.60. The normalized spacial score (nSPS) is 31.0. The number of aromatic amines is 1. The number of rotatable bonds is 9. The summed E-state index contributed by atoms with van der Waals surface area (Å²) in [5, 5.41) is 13.2. The molecule has 9 nitrogen and oxygen atoms in total.